The first kappa shape index (κ1) is 12.6. The quantitative estimate of drug-likeness (QED) is 0.776. The second kappa shape index (κ2) is 4.77. The fourth-order valence-electron chi connectivity index (χ4n) is 1.58. The lowest BCUT2D eigenvalue weighted by Gasteiger charge is -2.05. The number of aromatic nitrogens is 1. The van der Waals surface area contributed by atoms with E-state index in [0.717, 1.165) is 6.07 Å². The Balaban J connectivity index is 2.59. The van der Waals surface area contributed by atoms with Gasteiger partial charge in [0.2, 0.25) is 0 Å². The van der Waals surface area contributed by atoms with Gasteiger partial charge >= 0.3 is 11.9 Å². The van der Waals surface area contributed by atoms with Crippen molar-refractivity contribution in [2.24, 2.45) is 0 Å². The van der Waals surface area contributed by atoms with Gasteiger partial charge in [0, 0.05) is 5.56 Å². The van der Waals surface area contributed by atoms with Gasteiger partial charge in [-0.2, -0.15) is 0 Å². The molecule has 2 aromatic rings. The van der Waals surface area contributed by atoms with Gasteiger partial charge in [-0.25, -0.2) is 9.59 Å². The van der Waals surface area contributed by atoms with Crippen molar-refractivity contribution in [3.63, 3.8) is 0 Å². The number of hydrogen-bond donors (Lipinski definition) is 3. The smallest absolute Gasteiger partial charge is 0.335 e. The van der Waals surface area contributed by atoms with E-state index in [1.807, 2.05) is 0 Å². The van der Waals surface area contributed by atoms with Crippen LogP contribution in [-0.2, 0) is 0 Å². The molecular weight excluding hydrogens is 250 g/mol. The molecule has 0 aliphatic heterocycles. The lowest BCUT2D eigenvalue weighted by molar-refractivity contribution is 0.0696. The minimum atomic E-state index is -1.22. The minimum Gasteiger partial charge on any atom is -0.506 e. The number of rotatable bonds is 3. The van der Waals surface area contributed by atoms with E-state index in [4.69, 9.17) is 15.3 Å². The fraction of sp³-hybridized carbons (Fsp3) is 0. The fourth-order valence-corrected chi connectivity index (χ4v) is 1.58. The Kier molecular flexibility index (Phi) is 3.15. The molecule has 96 valence electrons. The first-order valence-corrected chi connectivity index (χ1v) is 5.24. The van der Waals surface area contributed by atoms with Gasteiger partial charge in [-0.1, -0.05) is 0 Å². The van der Waals surface area contributed by atoms with Crippen molar-refractivity contribution in [2.75, 3.05) is 0 Å². The van der Waals surface area contributed by atoms with E-state index in [2.05, 4.69) is 4.98 Å². The second-order valence-corrected chi connectivity index (χ2v) is 3.81. The minimum absolute atomic E-state index is 0.0309. The first-order valence-electron chi connectivity index (χ1n) is 5.24. The zero-order valence-electron chi connectivity index (χ0n) is 9.57. The average Bonchev–Trinajstić information content (AvgIpc) is 2.39. The third-order valence-corrected chi connectivity index (χ3v) is 2.47. The van der Waals surface area contributed by atoms with E-state index >= 15 is 0 Å². The van der Waals surface area contributed by atoms with Crippen LogP contribution < -0.4 is 0 Å². The van der Waals surface area contributed by atoms with Crippen LogP contribution in [0.1, 0.15) is 20.7 Å². The molecule has 0 fully saturated rings. The van der Waals surface area contributed by atoms with Gasteiger partial charge in [-0.15, -0.1) is 0 Å². The molecule has 0 radical (unpaired) electrons. The molecule has 0 bridgehead atoms. The van der Waals surface area contributed by atoms with Crippen LogP contribution in [0.25, 0.3) is 11.3 Å². The number of aromatic carboxylic acids is 2. The molecule has 6 heteroatoms. The summed E-state index contributed by atoms with van der Waals surface area (Å²) < 4.78 is 0. The van der Waals surface area contributed by atoms with Crippen LogP contribution >= 0.6 is 0 Å². The summed E-state index contributed by atoms with van der Waals surface area (Å²) in [6.45, 7) is 0. The zero-order chi connectivity index (χ0) is 14.0. The zero-order valence-corrected chi connectivity index (χ0v) is 9.57. The molecule has 19 heavy (non-hydrogen) atoms. The third kappa shape index (κ3) is 2.68. The van der Waals surface area contributed by atoms with E-state index < -0.39 is 11.9 Å². The van der Waals surface area contributed by atoms with Crippen molar-refractivity contribution < 1.29 is 24.9 Å². The molecule has 0 unspecified atom stereocenters. The molecule has 0 aliphatic rings. The standard InChI is InChI=1S/C13H9NO5/c15-10-1-2-11(14-6-10)7-3-8(12(16)17)5-9(4-7)13(18)19/h1-6,15H,(H,16,17)(H,18,19). The van der Waals surface area contributed by atoms with Crippen molar-refractivity contribution in [3.05, 3.63) is 47.7 Å². The molecular formula is C13H9NO5. The summed E-state index contributed by atoms with van der Waals surface area (Å²) in [5.41, 5.74) is 0.468. The Bertz CT molecular complexity index is 616. The molecule has 6 nitrogen and oxygen atoms in total. The van der Waals surface area contributed by atoms with Crippen molar-refractivity contribution in [2.45, 2.75) is 0 Å². The summed E-state index contributed by atoms with van der Waals surface area (Å²) in [4.78, 5) is 25.8. The number of hydrogen-bond acceptors (Lipinski definition) is 4. The lowest BCUT2D eigenvalue weighted by atomic mass is 10.0. The van der Waals surface area contributed by atoms with Crippen molar-refractivity contribution in [1.29, 1.82) is 0 Å². The maximum Gasteiger partial charge on any atom is 0.335 e. The van der Waals surface area contributed by atoms with Crippen molar-refractivity contribution in [3.8, 4) is 17.0 Å². The number of carboxylic acids is 2. The molecule has 0 atom stereocenters. The van der Waals surface area contributed by atoms with Gasteiger partial charge in [-0.05, 0) is 30.3 Å². The molecule has 1 aromatic heterocycles. The number of nitrogens with zero attached hydrogens (tertiary/aromatic N) is 1. The maximum absolute atomic E-state index is 11.0. The number of carbonyl (C=O) groups is 2. The summed E-state index contributed by atoms with van der Waals surface area (Å²) in [5.74, 6) is -2.47. The Labute approximate surface area is 107 Å². The Hall–Kier alpha value is -2.89. The van der Waals surface area contributed by atoms with Crippen LogP contribution in [-0.4, -0.2) is 32.2 Å². The Morgan fingerprint density at radius 3 is 1.95 bits per heavy atom. The highest BCUT2D eigenvalue weighted by Crippen LogP contribution is 2.22. The number of carboxylic acid groups (broad SMARTS) is 2. The molecule has 0 aliphatic carbocycles. The van der Waals surface area contributed by atoms with Crippen molar-refractivity contribution >= 4 is 11.9 Å². The van der Waals surface area contributed by atoms with Crippen LogP contribution in [0.5, 0.6) is 5.75 Å². The highest BCUT2D eigenvalue weighted by atomic mass is 16.4. The molecule has 3 N–H and O–H groups in total. The summed E-state index contributed by atoms with van der Waals surface area (Å²) in [7, 11) is 0. The van der Waals surface area contributed by atoms with Gasteiger partial charge in [0.05, 0.1) is 23.0 Å². The first-order chi connectivity index (χ1) is 8.97. The monoisotopic (exact) mass is 259 g/mol. The lowest BCUT2D eigenvalue weighted by Crippen LogP contribution is -2.03. The van der Waals surface area contributed by atoms with E-state index in [0.29, 0.717) is 11.3 Å². The van der Waals surface area contributed by atoms with Crippen LogP contribution in [0.2, 0.25) is 0 Å². The van der Waals surface area contributed by atoms with Gasteiger partial charge in [0.25, 0.3) is 0 Å². The van der Waals surface area contributed by atoms with Crippen molar-refractivity contribution in [1.82, 2.24) is 4.98 Å². The predicted molar refractivity (Wildman–Crippen MR) is 65.3 cm³/mol. The van der Waals surface area contributed by atoms with Crippen LogP contribution in [0.15, 0.2) is 36.5 Å². The topological polar surface area (TPSA) is 108 Å². The third-order valence-electron chi connectivity index (χ3n) is 2.47. The van der Waals surface area contributed by atoms with Crippen LogP contribution in [0.4, 0.5) is 0 Å². The predicted octanol–water partition coefficient (Wildman–Crippen LogP) is 1.85. The largest absolute Gasteiger partial charge is 0.506 e. The van der Waals surface area contributed by atoms with Gasteiger partial charge in [0.1, 0.15) is 5.75 Å². The van der Waals surface area contributed by atoms with Crippen LogP contribution in [0, 0.1) is 0 Å². The normalized spacial score (nSPS) is 10.1. The summed E-state index contributed by atoms with van der Waals surface area (Å²) in [6.07, 6.45) is 1.20. The summed E-state index contributed by atoms with van der Waals surface area (Å²) in [6, 6.07) is 6.59. The molecule has 0 saturated heterocycles. The summed E-state index contributed by atoms with van der Waals surface area (Å²) >= 11 is 0. The van der Waals surface area contributed by atoms with E-state index in [1.165, 1.54) is 30.5 Å². The van der Waals surface area contributed by atoms with Gasteiger partial charge in [0.15, 0.2) is 0 Å². The number of benzene rings is 1. The highest BCUT2D eigenvalue weighted by molar-refractivity contribution is 5.95. The molecule has 0 saturated carbocycles. The molecule has 0 spiro atoms. The average molecular weight is 259 g/mol. The summed E-state index contributed by atoms with van der Waals surface area (Å²) in [5, 5.41) is 27.0. The number of aromatic hydroxyl groups is 1. The SMILES string of the molecule is O=C(O)c1cc(C(=O)O)cc(-c2ccc(O)cn2)c1. The van der Waals surface area contributed by atoms with E-state index in [9.17, 15) is 9.59 Å². The molecule has 0 amide bonds. The van der Waals surface area contributed by atoms with E-state index in [1.54, 1.807) is 0 Å². The Morgan fingerprint density at radius 1 is 0.947 bits per heavy atom. The van der Waals surface area contributed by atoms with Gasteiger partial charge < -0.3 is 15.3 Å². The van der Waals surface area contributed by atoms with Crippen LogP contribution in [0.3, 0.4) is 0 Å². The maximum atomic E-state index is 11.0. The Morgan fingerprint density at radius 2 is 1.53 bits per heavy atom. The molecule has 2 rings (SSSR count). The van der Waals surface area contributed by atoms with Gasteiger partial charge in [-0.3, -0.25) is 4.98 Å². The second-order valence-electron chi connectivity index (χ2n) is 3.81. The highest BCUT2D eigenvalue weighted by Gasteiger charge is 2.12. The molecule has 1 aromatic carbocycles. The van der Waals surface area contributed by atoms with E-state index in [-0.39, 0.29) is 16.9 Å². The number of pyridine rings is 1. The molecule has 1 heterocycles.